The third-order valence-electron chi connectivity index (χ3n) is 2.09. The summed E-state index contributed by atoms with van der Waals surface area (Å²) in [6, 6.07) is 5.36. The largest absolute Gasteiger partial charge is 0.392 e. The van der Waals surface area contributed by atoms with Crippen LogP contribution in [0.15, 0.2) is 29.2 Å². The number of aliphatic hydroxyl groups excluding tert-OH is 1. The SMILES string of the molecule is O=S(=O)(NCCC(F)(F)F)c1cccc(CO)c1. The summed E-state index contributed by atoms with van der Waals surface area (Å²) in [6.07, 6.45) is -5.64. The van der Waals surface area contributed by atoms with Crippen LogP contribution in [0.4, 0.5) is 13.2 Å². The molecule has 0 atom stereocenters. The predicted octanol–water partition coefficient (Wildman–Crippen LogP) is 1.41. The van der Waals surface area contributed by atoms with Crippen molar-refractivity contribution in [2.45, 2.75) is 24.1 Å². The number of sulfonamides is 1. The van der Waals surface area contributed by atoms with Gasteiger partial charge in [0.1, 0.15) is 0 Å². The van der Waals surface area contributed by atoms with Gasteiger partial charge in [-0.2, -0.15) is 13.2 Å². The van der Waals surface area contributed by atoms with E-state index in [-0.39, 0.29) is 11.5 Å². The highest BCUT2D eigenvalue weighted by molar-refractivity contribution is 7.89. The zero-order chi connectivity index (χ0) is 13.8. The number of benzene rings is 1. The van der Waals surface area contributed by atoms with Crippen molar-refractivity contribution in [3.8, 4) is 0 Å². The quantitative estimate of drug-likeness (QED) is 0.858. The summed E-state index contributed by atoms with van der Waals surface area (Å²) in [5.74, 6) is 0. The van der Waals surface area contributed by atoms with Gasteiger partial charge >= 0.3 is 6.18 Å². The van der Waals surface area contributed by atoms with Crippen molar-refractivity contribution < 1.29 is 26.7 Å². The first-order chi connectivity index (χ1) is 8.24. The van der Waals surface area contributed by atoms with Crippen molar-refractivity contribution in [1.82, 2.24) is 4.72 Å². The monoisotopic (exact) mass is 283 g/mol. The standard InChI is InChI=1S/C10H12F3NO3S/c11-10(12,13)4-5-14-18(16,17)9-3-1-2-8(6-9)7-15/h1-3,6,14-15H,4-5,7H2. The summed E-state index contributed by atoms with van der Waals surface area (Å²) in [6.45, 7) is -1.05. The first kappa shape index (κ1) is 14.9. The molecule has 0 heterocycles. The summed E-state index contributed by atoms with van der Waals surface area (Å²) in [5, 5.41) is 8.85. The Morgan fingerprint density at radius 2 is 1.94 bits per heavy atom. The second kappa shape index (κ2) is 5.68. The molecule has 2 N–H and O–H groups in total. The van der Waals surface area contributed by atoms with Crippen LogP contribution in [-0.2, 0) is 16.6 Å². The fourth-order valence-corrected chi connectivity index (χ4v) is 2.32. The fraction of sp³-hybridized carbons (Fsp3) is 0.400. The lowest BCUT2D eigenvalue weighted by Gasteiger charge is -2.09. The first-order valence-corrected chi connectivity index (χ1v) is 6.49. The lowest BCUT2D eigenvalue weighted by Crippen LogP contribution is -2.28. The van der Waals surface area contributed by atoms with Crippen LogP contribution in [0.5, 0.6) is 0 Å². The second-order valence-electron chi connectivity index (χ2n) is 3.57. The lowest BCUT2D eigenvalue weighted by atomic mass is 10.2. The van der Waals surface area contributed by atoms with Gasteiger partial charge in [0.15, 0.2) is 0 Å². The Kier molecular flexibility index (Phi) is 4.71. The van der Waals surface area contributed by atoms with Crippen LogP contribution in [0.1, 0.15) is 12.0 Å². The van der Waals surface area contributed by atoms with E-state index in [1.807, 2.05) is 4.72 Å². The van der Waals surface area contributed by atoms with Gasteiger partial charge in [-0.15, -0.1) is 0 Å². The maximum absolute atomic E-state index is 11.9. The Balaban J connectivity index is 2.74. The number of halogens is 3. The number of hydrogen-bond acceptors (Lipinski definition) is 3. The molecule has 18 heavy (non-hydrogen) atoms. The van der Waals surface area contributed by atoms with Crippen molar-refractivity contribution in [3.63, 3.8) is 0 Å². The molecular weight excluding hydrogens is 271 g/mol. The van der Waals surface area contributed by atoms with Crippen LogP contribution in [0.3, 0.4) is 0 Å². The van der Waals surface area contributed by atoms with Crippen LogP contribution >= 0.6 is 0 Å². The average Bonchev–Trinajstić information content (AvgIpc) is 2.27. The van der Waals surface area contributed by atoms with E-state index in [0.717, 1.165) is 0 Å². The number of hydrogen-bond donors (Lipinski definition) is 2. The van der Waals surface area contributed by atoms with Crippen LogP contribution in [0, 0.1) is 0 Å². The third kappa shape index (κ3) is 4.63. The van der Waals surface area contributed by atoms with Gasteiger partial charge in [-0.3, -0.25) is 0 Å². The van der Waals surface area contributed by atoms with E-state index >= 15 is 0 Å². The molecule has 4 nitrogen and oxygen atoms in total. The van der Waals surface area contributed by atoms with E-state index in [1.165, 1.54) is 24.3 Å². The minimum Gasteiger partial charge on any atom is -0.392 e. The first-order valence-electron chi connectivity index (χ1n) is 5.01. The van der Waals surface area contributed by atoms with Crippen molar-refractivity contribution >= 4 is 10.0 Å². The van der Waals surface area contributed by atoms with E-state index in [4.69, 9.17) is 5.11 Å². The highest BCUT2D eigenvalue weighted by Gasteiger charge is 2.27. The molecule has 1 aromatic carbocycles. The Morgan fingerprint density at radius 3 is 2.50 bits per heavy atom. The minimum atomic E-state index is -4.41. The molecule has 0 fully saturated rings. The number of alkyl halides is 3. The second-order valence-corrected chi connectivity index (χ2v) is 5.34. The van der Waals surface area contributed by atoms with Crippen molar-refractivity contribution in [1.29, 1.82) is 0 Å². The van der Waals surface area contributed by atoms with E-state index in [2.05, 4.69) is 0 Å². The van der Waals surface area contributed by atoms with Gasteiger partial charge in [0.25, 0.3) is 0 Å². The Morgan fingerprint density at radius 1 is 1.28 bits per heavy atom. The smallest absolute Gasteiger partial charge is 0.390 e. The molecule has 1 aromatic rings. The lowest BCUT2D eigenvalue weighted by molar-refractivity contribution is -0.132. The molecule has 102 valence electrons. The molecule has 0 unspecified atom stereocenters. The number of nitrogens with one attached hydrogen (secondary N) is 1. The summed E-state index contributed by atoms with van der Waals surface area (Å²) in [5.41, 5.74) is 0.369. The summed E-state index contributed by atoms with van der Waals surface area (Å²) < 4.78 is 60.8. The molecule has 0 aromatic heterocycles. The maximum Gasteiger partial charge on any atom is 0.390 e. The zero-order valence-electron chi connectivity index (χ0n) is 9.24. The molecular formula is C10H12F3NO3S. The van der Waals surface area contributed by atoms with Gasteiger partial charge in [0, 0.05) is 6.54 Å². The van der Waals surface area contributed by atoms with Gasteiger partial charge in [-0.05, 0) is 17.7 Å². The summed E-state index contributed by atoms with van der Waals surface area (Å²) >= 11 is 0. The molecule has 1 rings (SSSR count). The summed E-state index contributed by atoms with van der Waals surface area (Å²) in [4.78, 5) is -0.170. The average molecular weight is 283 g/mol. The summed E-state index contributed by atoms with van der Waals surface area (Å²) in [7, 11) is -3.98. The van der Waals surface area contributed by atoms with E-state index in [0.29, 0.717) is 5.56 Å². The molecule has 0 radical (unpaired) electrons. The molecule has 0 amide bonds. The zero-order valence-corrected chi connectivity index (χ0v) is 10.1. The molecule has 0 saturated carbocycles. The number of rotatable bonds is 5. The van der Waals surface area contributed by atoms with Crippen molar-refractivity contribution in [2.75, 3.05) is 6.54 Å². The number of aliphatic hydroxyl groups is 1. The van der Waals surface area contributed by atoms with Crippen LogP contribution in [-0.4, -0.2) is 26.2 Å². The van der Waals surface area contributed by atoms with Gasteiger partial charge in [-0.25, -0.2) is 13.1 Å². The van der Waals surface area contributed by atoms with Gasteiger partial charge in [0.05, 0.1) is 17.9 Å². The normalized spacial score (nSPS) is 12.7. The highest BCUT2D eigenvalue weighted by atomic mass is 32.2. The van der Waals surface area contributed by atoms with E-state index < -0.39 is 29.2 Å². The molecule has 0 bridgehead atoms. The van der Waals surface area contributed by atoms with Gasteiger partial charge in [-0.1, -0.05) is 12.1 Å². The van der Waals surface area contributed by atoms with Gasteiger partial charge in [0.2, 0.25) is 10.0 Å². The Labute approximate surface area is 102 Å². The molecule has 0 aliphatic carbocycles. The molecule has 0 spiro atoms. The Bertz CT molecular complexity index is 499. The molecule has 0 aliphatic heterocycles. The highest BCUT2D eigenvalue weighted by Crippen LogP contribution is 2.19. The Hall–Kier alpha value is -1.12. The third-order valence-corrected chi connectivity index (χ3v) is 3.55. The van der Waals surface area contributed by atoms with Crippen LogP contribution in [0.2, 0.25) is 0 Å². The van der Waals surface area contributed by atoms with Crippen molar-refractivity contribution in [3.05, 3.63) is 29.8 Å². The molecule has 0 aliphatic rings. The van der Waals surface area contributed by atoms with Crippen LogP contribution in [0.25, 0.3) is 0 Å². The maximum atomic E-state index is 11.9. The van der Waals surface area contributed by atoms with Crippen molar-refractivity contribution in [2.24, 2.45) is 0 Å². The fourth-order valence-electron chi connectivity index (χ4n) is 1.22. The van der Waals surface area contributed by atoms with E-state index in [1.54, 1.807) is 0 Å². The molecule has 0 saturated heterocycles. The van der Waals surface area contributed by atoms with Gasteiger partial charge < -0.3 is 5.11 Å². The molecule has 8 heteroatoms. The van der Waals surface area contributed by atoms with Crippen LogP contribution < -0.4 is 4.72 Å². The predicted molar refractivity (Wildman–Crippen MR) is 58.2 cm³/mol. The minimum absolute atomic E-state index is 0.170. The van der Waals surface area contributed by atoms with E-state index in [9.17, 15) is 21.6 Å². The topological polar surface area (TPSA) is 66.4 Å².